The summed E-state index contributed by atoms with van der Waals surface area (Å²) in [5, 5.41) is 8.89. The topological polar surface area (TPSA) is 64.2 Å². The van der Waals surface area contributed by atoms with Crippen LogP contribution in [0, 0.1) is 5.82 Å². The van der Waals surface area contributed by atoms with Crippen molar-refractivity contribution in [2.75, 3.05) is 0 Å². The number of alkyl halides is 1. The van der Waals surface area contributed by atoms with Crippen LogP contribution in [0.5, 0.6) is 0 Å². The molecule has 1 unspecified atom stereocenters. The summed E-state index contributed by atoms with van der Waals surface area (Å²) >= 11 is 0. The third kappa shape index (κ3) is 2.40. The first-order valence-corrected chi connectivity index (χ1v) is 6.79. The van der Waals surface area contributed by atoms with E-state index >= 15 is 0 Å². The molecular weight excluding hydrogens is 306 g/mol. The van der Waals surface area contributed by atoms with Crippen molar-refractivity contribution in [3.05, 3.63) is 64.5 Å². The molecule has 0 aliphatic carbocycles. The number of fused-ring (bicyclic) bond motifs is 1. The fourth-order valence-corrected chi connectivity index (χ4v) is 2.50. The summed E-state index contributed by atoms with van der Waals surface area (Å²) in [6, 6.07) is 5.66. The van der Waals surface area contributed by atoms with E-state index in [2.05, 4.69) is 0 Å². The minimum Gasteiger partial charge on any atom is -0.477 e. The van der Waals surface area contributed by atoms with E-state index in [0.29, 0.717) is 0 Å². The summed E-state index contributed by atoms with van der Waals surface area (Å²) in [5.41, 5.74) is -1.18. The number of aromatic carboxylic acids is 1. The zero-order chi connectivity index (χ0) is 16.7. The molecule has 23 heavy (non-hydrogen) atoms. The lowest BCUT2D eigenvalue weighted by Gasteiger charge is -2.15. The molecule has 0 saturated carbocycles. The number of hydrogen-bond donors (Lipinski definition) is 1. The molecule has 1 N–H and O–H groups in total. The maximum atomic E-state index is 14.3. The van der Waals surface area contributed by atoms with Gasteiger partial charge in [-0.1, -0.05) is 0 Å². The maximum Gasteiger partial charge on any atom is 0.341 e. The highest BCUT2D eigenvalue weighted by molar-refractivity contribution is 5.93. The van der Waals surface area contributed by atoms with Crippen molar-refractivity contribution in [2.45, 2.75) is 13.2 Å². The third-order valence-corrected chi connectivity index (χ3v) is 3.60. The minimum absolute atomic E-state index is 0.125. The van der Waals surface area contributed by atoms with E-state index in [0.717, 1.165) is 16.8 Å². The molecule has 2 aromatic heterocycles. The molecule has 1 atom stereocenters. The van der Waals surface area contributed by atoms with E-state index in [1.165, 1.54) is 17.6 Å². The largest absolute Gasteiger partial charge is 0.477 e. The Bertz CT molecular complexity index is 960. The predicted octanol–water partition coefficient (Wildman–Crippen LogP) is 3.12. The van der Waals surface area contributed by atoms with Gasteiger partial charge >= 0.3 is 5.97 Å². The van der Waals surface area contributed by atoms with Crippen LogP contribution >= 0.6 is 0 Å². The first-order chi connectivity index (χ1) is 10.9. The lowest BCUT2D eigenvalue weighted by atomic mass is 10.1. The molecule has 2 heterocycles. The number of hydrogen-bond acceptors (Lipinski definition) is 2. The molecule has 3 rings (SSSR count). The molecule has 0 saturated heterocycles. The van der Waals surface area contributed by atoms with Crippen LogP contribution < -0.4 is 5.43 Å². The standard InChI is InChI=1S/C16H12F2N2O3/c1-9(17)20-8-11(16(22)23)15(21)10-6-12(18)14(7-13(10)20)19-4-2-3-5-19/h2-9H,1H3,(H,22,23). The number of rotatable bonds is 3. The zero-order valence-corrected chi connectivity index (χ0v) is 12.0. The van der Waals surface area contributed by atoms with Crippen LogP contribution in [0.15, 0.2) is 47.7 Å². The van der Waals surface area contributed by atoms with Gasteiger partial charge in [0.2, 0.25) is 5.43 Å². The first kappa shape index (κ1) is 15.0. The van der Waals surface area contributed by atoms with Crippen LogP contribution in [0.3, 0.4) is 0 Å². The number of nitrogens with zero attached hydrogens (tertiary/aromatic N) is 2. The highest BCUT2D eigenvalue weighted by atomic mass is 19.1. The van der Waals surface area contributed by atoms with E-state index in [4.69, 9.17) is 5.11 Å². The summed E-state index contributed by atoms with van der Waals surface area (Å²) in [5.74, 6) is -2.19. The zero-order valence-electron chi connectivity index (χ0n) is 12.0. The van der Waals surface area contributed by atoms with Crippen molar-refractivity contribution in [3.8, 4) is 5.69 Å². The Labute approximate surface area is 129 Å². The molecule has 0 spiro atoms. The lowest BCUT2D eigenvalue weighted by molar-refractivity contribution is 0.0694. The fourth-order valence-electron chi connectivity index (χ4n) is 2.50. The molecule has 7 heteroatoms. The molecule has 0 radical (unpaired) electrons. The van der Waals surface area contributed by atoms with Gasteiger partial charge in [-0.2, -0.15) is 0 Å². The van der Waals surface area contributed by atoms with Gasteiger partial charge in [-0.3, -0.25) is 4.79 Å². The van der Waals surface area contributed by atoms with E-state index in [1.54, 1.807) is 24.5 Å². The van der Waals surface area contributed by atoms with Gasteiger partial charge in [0.1, 0.15) is 11.4 Å². The van der Waals surface area contributed by atoms with Crippen molar-refractivity contribution in [1.29, 1.82) is 0 Å². The number of pyridine rings is 1. The second kappa shape index (κ2) is 5.35. The molecule has 0 bridgehead atoms. The molecule has 0 fully saturated rings. The average molecular weight is 318 g/mol. The molecule has 5 nitrogen and oxygen atoms in total. The Balaban J connectivity index is 2.43. The smallest absolute Gasteiger partial charge is 0.341 e. The summed E-state index contributed by atoms with van der Waals surface area (Å²) in [7, 11) is 0. The van der Waals surface area contributed by atoms with Crippen LogP contribution in [0.2, 0.25) is 0 Å². The summed E-state index contributed by atoms with van der Waals surface area (Å²) in [4.78, 5) is 23.3. The lowest BCUT2D eigenvalue weighted by Crippen LogP contribution is -2.20. The predicted molar refractivity (Wildman–Crippen MR) is 80.3 cm³/mol. The number of aromatic nitrogens is 2. The summed E-state index contributed by atoms with van der Waals surface area (Å²) < 4.78 is 30.7. The molecule has 1 aromatic carbocycles. The number of carboxylic acid groups (broad SMARTS) is 1. The molecule has 0 aliphatic rings. The quantitative estimate of drug-likeness (QED) is 0.807. The summed E-state index contributed by atoms with van der Waals surface area (Å²) in [6.45, 7) is 1.20. The van der Waals surface area contributed by atoms with Crippen LogP contribution in [-0.2, 0) is 0 Å². The minimum atomic E-state index is -1.58. The first-order valence-electron chi connectivity index (χ1n) is 6.79. The van der Waals surface area contributed by atoms with Crippen molar-refractivity contribution < 1.29 is 18.7 Å². The van der Waals surface area contributed by atoms with Crippen LogP contribution in [-0.4, -0.2) is 20.2 Å². The maximum absolute atomic E-state index is 14.3. The van der Waals surface area contributed by atoms with Crippen molar-refractivity contribution in [1.82, 2.24) is 9.13 Å². The summed E-state index contributed by atoms with van der Waals surface area (Å²) in [6.07, 6.45) is 2.57. The van der Waals surface area contributed by atoms with Gasteiger partial charge in [0.05, 0.1) is 11.2 Å². The SMILES string of the molecule is CC(F)n1cc(C(=O)O)c(=O)c2cc(F)c(-n3cccc3)cc21. The Kier molecular flexibility index (Phi) is 3.48. The third-order valence-electron chi connectivity index (χ3n) is 3.60. The number of halogens is 2. The Morgan fingerprint density at radius 3 is 2.48 bits per heavy atom. The highest BCUT2D eigenvalue weighted by Gasteiger charge is 2.19. The van der Waals surface area contributed by atoms with Crippen molar-refractivity contribution >= 4 is 16.9 Å². The van der Waals surface area contributed by atoms with Gasteiger partial charge < -0.3 is 14.2 Å². The number of carbonyl (C=O) groups is 1. The Morgan fingerprint density at radius 2 is 1.91 bits per heavy atom. The second-order valence-electron chi connectivity index (χ2n) is 5.07. The van der Waals surface area contributed by atoms with Crippen LogP contribution in [0.25, 0.3) is 16.6 Å². The van der Waals surface area contributed by atoms with E-state index in [9.17, 15) is 18.4 Å². The highest BCUT2D eigenvalue weighted by Crippen LogP contribution is 2.24. The van der Waals surface area contributed by atoms with Gasteiger partial charge in [-0.25, -0.2) is 13.6 Å². The number of carboxylic acids is 1. The fraction of sp³-hybridized carbons (Fsp3) is 0.125. The number of benzene rings is 1. The molecule has 0 aliphatic heterocycles. The molecule has 3 aromatic rings. The van der Waals surface area contributed by atoms with Crippen LogP contribution in [0.1, 0.15) is 23.6 Å². The van der Waals surface area contributed by atoms with Crippen molar-refractivity contribution in [2.24, 2.45) is 0 Å². The second-order valence-corrected chi connectivity index (χ2v) is 5.07. The van der Waals surface area contributed by atoms with Crippen molar-refractivity contribution in [3.63, 3.8) is 0 Å². The van der Waals surface area contributed by atoms with Crippen LogP contribution in [0.4, 0.5) is 8.78 Å². The van der Waals surface area contributed by atoms with Gasteiger partial charge in [0.15, 0.2) is 6.30 Å². The van der Waals surface area contributed by atoms with E-state index in [1.807, 2.05) is 0 Å². The van der Waals surface area contributed by atoms with Gasteiger partial charge in [0.25, 0.3) is 0 Å². The normalized spacial score (nSPS) is 12.5. The molecule has 0 amide bonds. The Morgan fingerprint density at radius 1 is 1.26 bits per heavy atom. The van der Waals surface area contributed by atoms with Gasteiger partial charge in [0, 0.05) is 24.0 Å². The molecular formula is C16H12F2N2O3. The van der Waals surface area contributed by atoms with E-state index < -0.39 is 29.1 Å². The average Bonchev–Trinajstić information content (AvgIpc) is 3.01. The van der Waals surface area contributed by atoms with Gasteiger partial charge in [-0.05, 0) is 31.2 Å². The molecule has 118 valence electrons. The van der Waals surface area contributed by atoms with Gasteiger partial charge in [-0.15, -0.1) is 0 Å². The van der Waals surface area contributed by atoms with E-state index in [-0.39, 0.29) is 16.6 Å². The Hall–Kier alpha value is -2.96. The monoisotopic (exact) mass is 318 g/mol.